The van der Waals surface area contributed by atoms with Crippen molar-refractivity contribution in [2.45, 2.75) is 13.5 Å². The van der Waals surface area contributed by atoms with Crippen LogP contribution in [0, 0.1) is 6.92 Å². The van der Waals surface area contributed by atoms with E-state index in [1.807, 2.05) is 0 Å². The maximum absolute atomic E-state index is 7.96. The van der Waals surface area contributed by atoms with Crippen LogP contribution in [0.25, 0.3) is 10.4 Å². The molecule has 0 unspecified atom stereocenters. The zero-order valence-corrected chi connectivity index (χ0v) is 5.48. The van der Waals surface area contributed by atoms with Crippen LogP contribution in [0.1, 0.15) is 11.5 Å². The van der Waals surface area contributed by atoms with Gasteiger partial charge in [0.1, 0.15) is 5.76 Å². The molecule has 0 saturated heterocycles. The Morgan fingerprint density at radius 2 is 2.70 bits per heavy atom. The van der Waals surface area contributed by atoms with Crippen LogP contribution in [-0.2, 0) is 6.54 Å². The van der Waals surface area contributed by atoms with Gasteiger partial charge in [0.05, 0.1) is 12.2 Å². The minimum atomic E-state index is 0.263. The van der Waals surface area contributed by atoms with Crippen molar-refractivity contribution < 1.29 is 4.42 Å². The molecular formula is C5H6N4O. The molecule has 0 aromatic carbocycles. The third-order valence-electron chi connectivity index (χ3n) is 1.13. The van der Waals surface area contributed by atoms with Crippen molar-refractivity contribution in [2.75, 3.05) is 0 Å². The number of aryl methyl sites for hydroxylation is 1. The van der Waals surface area contributed by atoms with Crippen LogP contribution >= 0.6 is 0 Å². The molecule has 5 heteroatoms. The number of hydrogen-bond acceptors (Lipinski definition) is 3. The molecule has 1 aromatic heterocycles. The van der Waals surface area contributed by atoms with E-state index in [0.29, 0.717) is 11.5 Å². The SMILES string of the molecule is Cc1ocnc1CN=[N+]=[N-]. The Hall–Kier alpha value is -1.48. The largest absolute Gasteiger partial charge is 0.449 e. The highest BCUT2D eigenvalue weighted by molar-refractivity contribution is 5.03. The van der Waals surface area contributed by atoms with E-state index in [4.69, 9.17) is 9.95 Å². The molecule has 0 atom stereocenters. The predicted molar refractivity (Wildman–Crippen MR) is 34.1 cm³/mol. The quantitative estimate of drug-likeness (QED) is 0.355. The van der Waals surface area contributed by atoms with Crippen molar-refractivity contribution in [1.29, 1.82) is 0 Å². The topological polar surface area (TPSA) is 74.8 Å². The van der Waals surface area contributed by atoms with Crippen LogP contribution in [0.15, 0.2) is 15.9 Å². The van der Waals surface area contributed by atoms with Gasteiger partial charge in [-0.2, -0.15) is 0 Å². The summed E-state index contributed by atoms with van der Waals surface area (Å²) < 4.78 is 4.87. The normalized spacial score (nSPS) is 8.90. The summed E-state index contributed by atoms with van der Waals surface area (Å²) in [5.74, 6) is 0.701. The fraction of sp³-hybridized carbons (Fsp3) is 0.400. The van der Waals surface area contributed by atoms with Gasteiger partial charge in [0.15, 0.2) is 6.39 Å². The third kappa shape index (κ3) is 1.27. The fourth-order valence-corrected chi connectivity index (χ4v) is 0.579. The van der Waals surface area contributed by atoms with Gasteiger partial charge in [-0.25, -0.2) is 4.98 Å². The number of oxazole rings is 1. The molecule has 0 saturated carbocycles. The van der Waals surface area contributed by atoms with Gasteiger partial charge < -0.3 is 4.42 Å². The Morgan fingerprint density at radius 1 is 1.90 bits per heavy atom. The Morgan fingerprint density at radius 3 is 3.20 bits per heavy atom. The molecular weight excluding hydrogens is 132 g/mol. The Kier molecular flexibility index (Phi) is 1.92. The van der Waals surface area contributed by atoms with Gasteiger partial charge in [-0.3, -0.25) is 0 Å². The molecule has 52 valence electrons. The molecule has 0 fully saturated rings. The second-order valence-electron chi connectivity index (χ2n) is 1.74. The van der Waals surface area contributed by atoms with Crippen LogP contribution in [-0.4, -0.2) is 4.98 Å². The zero-order chi connectivity index (χ0) is 7.40. The van der Waals surface area contributed by atoms with Crippen molar-refractivity contribution in [1.82, 2.24) is 4.98 Å². The Balaban J connectivity index is 2.74. The van der Waals surface area contributed by atoms with Crippen molar-refractivity contribution in [3.05, 3.63) is 28.3 Å². The molecule has 1 aromatic rings. The lowest BCUT2D eigenvalue weighted by Crippen LogP contribution is -1.81. The van der Waals surface area contributed by atoms with Gasteiger partial charge in [0.2, 0.25) is 0 Å². The highest BCUT2D eigenvalue weighted by Gasteiger charge is 1.98. The minimum Gasteiger partial charge on any atom is -0.449 e. The molecule has 0 N–H and O–H groups in total. The lowest BCUT2D eigenvalue weighted by atomic mass is 10.4. The molecule has 0 aliphatic rings. The molecule has 0 spiro atoms. The average molecular weight is 138 g/mol. The summed E-state index contributed by atoms with van der Waals surface area (Å²) >= 11 is 0. The van der Waals surface area contributed by atoms with E-state index in [9.17, 15) is 0 Å². The third-order valence-corrected chi connectivity index (χ3v) is 1.13. The summed E-state index contributed by atoms with van der Waals surface area (Å²) in [6.07, 6.45) is 1.33. The van der Waals surface area contributed by atoms with Crippen LogP contribution < -0.4 is 0 Å². The highest BCUT2D eigenvalue weighted by atomic mass is 16.3. The van der Waals surface area contributed by atoms with Gasteiger partial charge in [0, 0.05) is 4.91 Å². The van der Waals surface area contributed by atoms with Gasteiger partial charge in [0.25, 0.3) is 0 Å². The summed E-state index contributed by atoms with van der Waals surface area (Å²) in [5.41, 5.74) is 8.65. The summed E-state index contributed by atoms with van der Waals surface area (Å²) in [4.78, 5) is 6.42. The molecule has 0 aliphatic carbocycles. The first-order valence-electron chi connectivity index (χ1n) is 2.74. The van der Waals surface area contributed by atoms with E-state index in [2.05, 4.69) is 15.0 Å². The average Bonchev–Trinajstić information content (AvgIpc) is 2.31. The van der Waals surface area contributed by atoms with Gasteiger partial charge in [-0.15, -0.1) is 0 Å². The molecule has 0 bridgehead atoms. The first-order valence-corrected chi connectivity index (χ1v) is 2.74. The van der Waals surface area contributed by atoms with E-state index < -0.39 is 0 Å². The molecule has 0 radical (unpaired) electrons. The van der Waals surface area contributed by atoms with Crippen LogP contribution in [0.4, 0.5) is 0 Å². The maximum atomic E-state index is 7.96. The van der Waals surface area contributed by atoms with Crippen LogP contribution in [0.5, 0.6) is 0 Å². The zero-order valence-electron chi connectivity index (χ0n) is 5.48. The second-order valence-corrected chi connectivity index (χ2v) is 1.74. The smallest absolute Gasteiger partial charge is 0.181 e. The predicted octanol–water partition coefficient (Wildman–Crippen LogP) is 1.79. The highest BCUT2D eigenvalue weighted by Crippen LogP contribution is 2.04. The molecule has 10 heavy (non-hydrogen) atoms. The van der Waals surface area contributed by atoms with Crippen LogP contribution in [0.3, 0.4) is 0 Å². The van der Waals surface area contributed by atoms with Crippen molar-refractivity contribution in [2.24, 2.45) is 5.11 Å². The van der Waals surface area contributed by atoms with Gasteiger partial charge in [-0.1, -0.05) is 5.11 Å². The molecule has 1 heterocycles. The van der Waals surface area contributed by atoms with E-state index >= 15 is 0 Å². The Bertz CT molecular complexity index is 260. The fourth-order valence-electron chi connectivity index (χ4n) is 0.579. The van der Waals surface area contributed by atoms with Crippen molar-refractivity contribution >= 4 is 0 Å². The molecule has 0 amide bonds. The second kappa shape index (κ2) is 2.89. The Labute approximate surface area is 57.3 Å². The lowest BCUT2D eigenvalue weighted by molar-refractivity contribution is 0.524. The van der Waals surface area contributed by atoms with E-state index in [0.717, 1.165) is 0 Å². The van der Waals surface area contributed by atoms with Crippen molar-refractivity contribution in [3.8, 4) is 0 Å². The summed E-state index contributed by atoms with van der Waals surface area (Å²) in [7, 11) is 0. The number of aromatic nitrogens is 1. The number of hydrogen-bond donors (Lipinski definition) is 0. The molecule has 1 rings (SSSR count). The first kappa shape index (κ1) is 6.64. The van der Waals surface area contributed by atoms with E-state index in [1.54, 1.807) is 6.92 Å². The number of rotatable bonds is 2. The van der Waals surface area contributed by atoms with E-state index in [-0.39, 0.29) is 6.54 Å². The van der Waals surface area contributed by atoms with Crippen molar-refractivity contribution in [3.63, 3.8) is 0 Å². The standard InChI is InChI=1S/C5H6N4O/c1-4-5(2-8-9-6)7-3-10-4/h3H,2H2,1H3. The molecule has 5 nitrogen and oxygen atoms in total. The first-order chi connectivity index (χ1) is 4.84. The summed E-state index contributed by atoms with van der Waals surface area (Å²) in [6.45, 7) is 2.04. The summed E-state index contributed by atoms with van der Waals surface area (Å²) in [6, 6.07) is 0. The minimum absolute atomic E-state index is 0.263. The maximum Gasteiger partial charge on any atom is 0.181 e. The lowest BCUT2D eigenvalue weighted by Gasteiger charge is -1.84. The number of azide groups is 1. The number of nitrogens with zero attached hydrogens (tertiary/aromatic N) is 4. The van der Waals surface area contributed by atoms with Gasteiger partial charge in [-0.05, 0) is 12.5 Å². The summed E-state index contributed by atoms with van der Waals surface area (Å²) in [5, 5.41) is 3.33. The molecule has 0 aliphatic heterocycles. The monoisotopic (exact) mass is 138 g/mol. The van der Waals surface area contributed by atoms with Gasteiger partial charge >= 0.3 is 0 Å². The van der Waals surface area contributed by atoms with E-state index in [1.165, 1.54) is 6.39 Å². The van der Waals surface area contributed by atoms with Crippen LogP contribution in [0.2, 0.25) is 0 Å².